The van der Waals surface area contributed by atoms with Crippen molar-refractivity contribution >= 4 is 23.8 Å². The summed E-state index contributed by atoms with van der Waals surface area (Å²) in [6.45, 7) is 0. The monoisotopic (exact) mass is 343 g/mol. The van der Waals surface area contributed by atoms with Crippen LogP contribution in [-0.2, 0) is 9.37 Å². The molecule has 0 amide bonds. The van der Waals surface area contributed by atoms with Gasteiger partial charge in [-0.3, -0.25) is 5.04 Å². The van der Waals surface area contributed by atoms with E-state index in [9.17, 15) is 22.8 Å². The van der Waals surface area contributed by atoms with Gasteiger partial charge in [0.1, 0.15) is 4.90 Å². The highest BCUT2D eigenvalue weighted by molar-refractivity contribution is 8.00. The molecular weight excluding hydrogens is 332 g/mol. The zero-order valence-corrected chi connectivity index (χ0v) is 12.3. The molecule has 1 saturated carbocycles. The van der Waals surface area contributed by atoms with E-state index in [1.165, 1.54) is 0 Å². The first-order valence-corrected chi connectivity index (χ1v) is 7.84. The largest absolute Gasteiger partial charge is 0.691 e. The van der Waals surface area contributed by atoms with E-state index in [2.05, 4.69) is 9.37 Å². The predicted octanol–water partition coefficient (Wildman–Crippen LogP) is 3.90. The minimum absolute atomic E-state index is 0.0683. The van der Waals surface area contributed by atoms with Gasteiger partial charge in [0, 0.05) is 5.25 Å². The number of benzene rings is 1. The Morgan fingerprint density at radius 1 is 0.857 bits per heavy atom. The number of thioether (sulfide) groups is 1. The van der Waals surface area contributed by atoms with E-state index in [4.69, 9.17) is 0 Å². The van der Waals surface area contributed by atoms with Crippen molar-refractivity contribution in [3.8, 4) is 0 Å². The van der Waals surface area contributed by atoms with Crippen LogP contribution in [0.15, 0.2) is 9.79 Å². The maximum atomic E-state index is 13.9. The van der Waals surface area contributed by atoms with Crippen molar-refractivity contribution in [1.82, 2.24) is 0 Å². The molecule has 1 aromatic rings. The molecule has 0 bridgehead atoms. The molecule has 1 aromatic carbocycles. The first-order chi connectivity index (χ1) is 10.1. The maximum absolute atomic E-state index is 13.9. The Morgan fingerprint density at radius 3 is 1.90 bits per heavy atom. The first kappa shape index (κ1) is 16.9. The zero-order valence-electron chi connectivity index (χ0n) is 10.7. The Kier molecular flexibility index (Phi) is 6.18. The molecule has 1 aliphatic rings. The van der Waals surface area contributed by atoms with E-state index in [1.807, 2.05) is 0 Å². The molecule has 21 heavy (non-hydrogen) atoms. The average molecular weight is 343 g/mol. The van der Waals surface area contributed by atoms with Gasteiger partial charge in [0.2, 0.25) is 0 Å². The van der Waals surface area contributed by atoms with Crippen LogP contribution >= 0.6 is 23.8 Å². The Labute approximate surface area is 127 Å². The summed E-state index contributed by atoms with van der Waals surface area (Å²) in [4.78, 5) is -1.77. The van der Waals surface area contributed by atoms with Crippen LogP contribution in [0.2, 0.25) is 0 Å². The first-order valence-electron chi connectivity index (χ1n) is 6.22. The summed E-state index contributed by atoms with van der Waals surface area (Å²) in [6, 6.07) is 0. The van der Waals surface area contributed by atoms with Gasteiger partial charge in [0.15, 0.2) is 23.3 Å². The van der Waals surface area contributed by atoms with Crippen molar-refractivity contribution < 1.29 is 32.2 Å². The van der Waals surface area contributed by atoms with Gasteiger partial charge >= 0.3 is 0 Å². The Balaban J connectivity index is 2.29. The van der Waals surface area contributed by atoms with Crippen LogP contribution in [0.4, 0.5) is 17.6 Å². The molecule has 0 saturated heterocycles. The highest BCUT2D eigenvalue weighted by Crippen LogP contribution is 2.40. The standard InChI is InChI=1S/C12H12F4O3S2/c13-7-9(15)12(21-19-18-17)10(16)8(14)11(7)20-6-4-2-1-3-5-6/h6,17H,1-5H2/p-1. The third-order valence-corrected chi connectivity index (χ3v) is 5.21. The summed E-state index contributed by atoms with van der Waals surface area (Å²) in [5.41, 5.74) is 0. The highest BCUT2D eigenvalue weighted by Gasteiger charge is 2.29. The number of hydrogen-bond donors (Lipinski definition) is 0. The molecule has 1 aliphatic carbocycles. The second-order valence-electron chi connectivity index (χ2n) is 4.51. The topological polar surface area (TPSA) is 41.5 Å². The lowest BCUT2D eigenvalue weighted by Gasteiger charge is -2.21. The van der Waals surface area contributed by atoms with Crippen molar-refractivity contribution in [1.29, 1.82) is 0 Å². The van der Waals surface area contributed by atoms with Crippen LogP contribution in [0.3, 0.4) is 0 Å². The van der Waals surface area contributed by atoms with E-state index < -0.39 is 33.1 Å². The van der Waals surface area contributed by atoms with Crippen LogP contribution in [0.5, 0.6) is 0 Å². The average Bonchev–Trinajstić information content (AvgIpc) is 2.51. The minimum atomic E-state index is -1.60. The van der Waals surface area contributed by atoms with E-state index in [0.717, 1.165) is 43.9 Å². The normalized spacial score (nSPS) is 16.4. The fraction of sp³-hybridized carbons (Fsp3) is 0.500. The van der Waals surface area contributed by atoms with Crippen molar-refractivity contribution in [3.05, 3.63) is 23.3 Å². The number of halogens is 4. The molecule has 3 nitrogen and oxygen atoms in total. The lowest BCUT2D eigenvalue weighted by molar-refractivity contribution is -0.777. The third-order valence-electron chi connectivity index (χ3n) is 3.16. The van der Waals surface area contributed by atoms with Gasteiger partial charge in [-0.05, 0) is 12.8 Å². The summed E-state index contributed by atoms with van der Waals surface area (Å²) in [5, 5.41) is 12.5. The van der Waals surface area contributed by atoms with Gasteiger partial charge < -0.3 is 5.26 Å². The predicted molar refractivity (Wildman–Crippen MR) is 67.0 cm³/mol. The summed E-state index contributed by atoms with van der Waals surface area (Å²) in [6.07, 6.45) is 4.39. The highest BCUT2D eigenvalue weighted by atomic mass is 32.2. The quantitative estimate of drug-likeness (QED) is 0.267. The Bertz CT molecular complexity index is 481. The molecule has 0 radical (unpaired) electrons. The smallest absolute Gasteiger partial charge is 0.179 e. The number of rotatable bonds is 5. The van der Waals surface area contributed by atoms with Gasteiger partial charge in [0.05, 0.1) is 16.9 Å². The summed E-state index contributed by atoms with van der Waals surface area (Å²) >= 11 is 0.588. The summed E-state index contributed by atoms with van der Waals surface area (Å²) in [5.74, 6) is -6.17. The molecule has 0 N–H and O–H groups in total. The van der Waals surface area contributed by atoms with Gasteiger partial charge in [0.25, 0.3) is 0 Å². The summed E-state index contributed by atoms with van der Waals surface area (Å²) in [7, 11) is 0. The van der Waals surface area contributed by atoms with Gasteiger partial charge in [-0.1, -0.05) is 19.3 Å². The van der Waals surface area contributed by atoms with Crippen LogP contribution in [-0.4, -0.2) is 5.25 Å². The van der Waals surface area contributed by atoms with E-state index in [0.29, 0.717) is 0 Å². The van der Waals surface area contributed by atoms with E-state index in [-0.39, 0.29) is 17.3 Å². The Hall–Kier alpha value is -0.480. The second-order valence-corrected chi connectivity index (χ2v) is 6.53. The van der Waals surface area contributed by atoms with Crippen molar-refractivity contribution in [3.63, 3.8) is 0 Å². The molecule has 2 rings (SSSR count). The molecule has 0 aromatic heterocycles. The third kappa shape index (κ3) is 3.84. The second kappa shape index (κ2) is 7.68. The van der Waals surface area contributed by atoms with E-state index >= 15 is 0 Å². The van der Waals surface area contributed by atoms with Gasteiger partial charge in [-0.2, -0.15) is 4.33 Å². The molecular formula is C12H11F4O3S2-. The molecule has 9 heteroatoms. The lowest BCUT2D eigenvalue weighted by atomic mass is 10.0. The number of hydrogen-bond acceptors (Lipinski definition) is 5. The van der Waals surface area contributed by atoms with Crippen LogP contribution < -0.4 is 5.26 Å². The Morgan fingerprint density at radius 2 is 1.38 bits per heavy atom. The minimum Gasteiger partial charge on any atom is -0.691 e. The van der Waals surface area contributed by atoms with E-state index in [1.54, 1.807) is 0 Å². The molecule has 0 spiro atoms. The van der Waals surface area contributed by atoms with Crippen LogP contribution in [0.1, 0.15) is 32.1 Å². The fourth-order valence-corrected chi connectivity index (χ4v) is 3.88. The molecule has 0 heterocycles. The van der Waals surface area contributed by atoms with Gasteiger partial charge in [-0.25, -0.2) is 17.6 Å². The summed E-state index contributed by atoms with van der Waals surface area (Å²) < 4.78 is 59.0. The molecule has 1 fully saturated rings. The van der Waals surface area contributed by atoms with Crippen molar-refractivity contribution in [2.24, 2.45) is 0 Å². The zero-order chi connectivity index (χ0) is 15.4. The maximum Gasteiger partial charge on any atom is 0.179 e. The van der Waals surface area contributed by atoms with Crippen LogP contribution in [0, 0.1) is 23.3 Å². The van der Waals surface area contributed by atoms with Gasteiger partial charge in [-0.15, -0.1) is 11.8 Å². The SMILES string of the molecule is [O-]OOSc1c(F)c(F)c(SC2CCCCC2)c(F)c1F. The fourth-order valence-electron chi connectivity index (χ4n) is 2.17. The van der Waals surface area contributed by atoms with Crippen LogP contribution in [0.25, 0.3) is 0 Å². The molecule has 0 aliphatic heterocycles. The molecule has 0 atom stereocenters. The van der Waals surface area contributed by atoms with Crippen molar-refractivity contribution in [2.75, 3.05) is 0 Å². The molecule has 0 unspecified atom stereocenters. The van der Waals surface area contributed by atoms with Crippen molar-refractivity contribution in [2.45, 2.75) is 47.1 Å². The molecule has 118 valence electrons. The lowest BCUT2D eigenvalue weighted by Crippen LogP contribution is -2.11.